The quantitative estimate of drug-likeness (QED) is 0.756. The Bertz CT molecular complexity index is 211. The third kappa shape index (κ3) is 5.41. The van der Waals surface area contributed by atoms with Crippen LogP contribution in [0, 0.1) is 0 Å². The van der Waals surface area contributed by atoms with Crippen molar-refractivity contribution in [2.75, 3.05) is 7.11 Å². The Morgan fingerprint density at radius 3 is 2.46 bits per heavy atom. The molecule has 0 fully saturated rings. The van der Waals surface area contributed by atoms with Gasteiger partial charge in [0.25, 0.3) is 0 Å². The van der Waals surface area contributed by atoms with Gasteiger partial charge in [-0.2, -0.15) is 0 Å². The maximum Gasteiger partial charge on any atom is 0.328 e. The molecule has 0 aromatic carbocycles. The summed E-state index contributed by atoms with van der Waals surface area (Å²) in [6.45, 7) is 4.92. The molecule has 1 amide bonds. The number of hydrogen-bond acceptors (Lipinski definition) is 3. The molecule has 1 N–H and O–H groups in total. The zero-order chi connectivity index (χ0) is 10.4. The molecule has 13 heavy (non-hydrogen) atoms. The van der Waals surface area contributed by atoms with E-state index in [2.05, 4.69) is 32.6 Å². The number of ether oxygens (including phenoxy) is 1. The molecule has 0 aliphatic carbocycles. The Morgan fingerprint density at radius 2 is 2.15 bits per heavy atom. The Labute approximate surface area is 85.5 Å². The lowest BCUT2D eigenvalue weighted by atomic mass is 10.2. The van der Waals surface area contributed by atoms with Crippen molar-refractivity contribution in [2.24, 2.45) is 0 Å². The SMILES string of the molecule is C=C(Br)C[C@H](NC(C)=O)C(=O)OC. The molecular weight excluding hydrogens is 238 g/mol. The van der Waals surface area contributed by atoms with Crippen molar-refractivity contribution in [2.45, 2.75) is 19.4 Å². The molecule has 5 heteroatoms. The first-order valence-electron chi connectivity index (χ1n) is 3.65. The van der Waals surface area contributed by atoms with Crippen molar-refractivity contribution in [1.82, 2.24) is 5.32 Å². The van der Waals surface area contributed by atoms with E-state index in [-0.39, 0.29) is 5.91 Å². The Hall–Kier alpha value is -0.840. The number of hydrogen-bond donors (Lipinski definition) is 1. The van der Waals surface area contributed by atoms with Gasteiger partial charge in [0.15, 0.2) is 0 Å². The molecule has 0 bridgehead atoms. The average molecular weight is 250 g/mol. The van der Waals surface area contributed by atoms with Crippen LogP contribution in [0.3, 0.4) is 0 Å². The van der Waals surface area contributed by atoms with Gasteiger partial charge in [0.2, 0.25) is 5.91 Å². The van der Waals surface area contributed by atoms with E-state index in [0.29, 0.717) is 10.9 Å². The third-order valence-corrected chi connectivity index (χ3v) is 1.61. The highest BCUT2D eigenvalue weighted by Gasteiger charge is 2.19. The summed E-state index contributed by atoms with van der Waals surface area (Å²) in [5, 5.41) is 2.46. The number of carbonyl (C=O) groups excluding carboxylic acids is 2. The zero-order valence-electron chi connectivity index (χ0n) is 7.59. The second-order valence-electron chi connectivity index (χ2n) is 2.50. The fourth-order valence-electron chi connectivity index (χ4n) is 0.802. The number of carbonyl (C=O) groups is 2. The molecular formula is C8H12BrNO3. The van der Waals surface area contributed by atoms with Crippen molar-refractivity contribution < 1.29 is 14.3 Å². The van der Waals surface area contributed by atoms with Crippen LogP contribution in [0.15, 0.2) is 11.1 Å². The molecule has 0 saturated heterocycles. The fraction of sp³-hybridized carbons (Fsp3) is 0.500. The lowest BCUT2D eigenvalue weighted by molar-refractivity contribution is -0.144. The van der Waals surface area contributed by atoms with Crippen LogP contribution in [-0.2, 0) is 14.3 Å². The van der Waals surface area contributed by atoms with Crippen molar-refractivity contribution in [3.05, 3.63) is 11.1 Å². The first kappa shape index (κ1) is 12.2. The standard InChI is InChI=1S/C8H12BrNO3/c1-5(9)4-7(8(12)13-3)10-6(2)11/h7H,1,4H2,2-3H3,(H,10,11)/t7-/m0/s1. The zero-order valence-corrected chi connectivity index (χ0v) is 9.18. The summed E-state index contributed by atoms with van der Waals surface area (Å²) in [4.78, 5) is 21.8. The Balaban J connectivity index is 4.26. The highest BCUT2D eigenvalue weighted by Crippen LogP contribution is 2.10. The summed E-state index contributed by atoms with van der Waals surface area (Å²) < 4.78 is 5.13. The number of halogens is 1. The highest BCUT2D eigenvalue weighted by atomic mass is 79.9. The minimum absolute atomic E-state index is 0.274. The van der Waals surface area contributed by atoms with Crippen LogP contribution in [0.25, 0.3) is 0 Å². The topological polar surface area (TPSA) is 55.4 Å². The number of esters is 1. The van der Waals surface area contributed by atoms with Crippen LogP contribution in [0.4, 0.5) is 0 Å². The van der Waals surface area contributed by atoms with Crippen molar-refractivity contribution in [3.63, 3.8) is 0 Å². The van der Waals surface area contributed by atoms with Gasteiger partial charge in [-0.1, -0.05) is 22.5 Å². The molecule has 0 spiro atoms. The summed E-state index contributed by atoms with van der Waals surface area (Å²) in [6.07, 6.45) is 0.326. The van der Waals surface area contributed by atoms with Crippen LogP contribution < -0.4 is 5.32 Å². The highest BCUT2D eigenvalue weighted by molar-refractivity contribution is 9.11. The molecule has 0 unspecified atom stereocenters. The van der Waals surface area contributed by atoms with E-state index in [1.807, 2.05) is 0 Å². The van der Waals surface area contributed by atoms with E-state index in [1.165, 1.54) is 14.0 Å². The predicted molar refractivity (Wildman–Crippen MR) is 52.3 cm³/mol. The van der Waals surface area contributed by atoms with Gasteiger partial charge < -0.3 is 10.1 Å². The summed E-state index contributed by atoms with van der Waals surface area (Å²) >= 11 is 3.11. The second-order valence-corrected chi connectivity index (χ2v) is 3.62. The molecule has 0 radical (unpaired) electrons. The fourth-order valence-corrected chi connectivity index (χ4v) is 1.13. The first-order valence-corrected chi connectivity index (χ1v) is 4.45. The predicted octanol–water partition coefficient (Wildman–Crippen LogP) is 0.963. The molecule has 0 heterocycles. The summed E-state index contributed by atoms with van der Waals surface area (Å²) in [7, 11) is 1.27. The Morgan fingerprint density at radius 1 is 1.62 bits per heavy atom. The van der Waals surface area contributed by atoms with Crippen LogP contribution >= 0.6 is 15.9 Å². The normalized spacial score (nSPS) is 11.6. The van der Waals surface area contributed by atoms with Crippen molar-refractivity contribution >= 4 is 27.8 Å². The molecule has 0 aliphatic heterocycles. The van der Waals surface area contributed by atoms with E-state index in [4.69, 9.17) is 0 Å². The molecule has 4 nitrogen and oxygen atoms in total. The van der Waals surface area contributed by atoms with Gasteiger partial charge in [0, 0.05) is 13.3 Å². The monoisotopic (exact) mass is 249 g/mol. The molecule has 0 aliphatic rings. The molecule has 0 aromatic rings. The number of methoxy groups -OCH3 is 1. The average Bonchev–Trinajstić information content (AvgIpc) is 2.00. The van der Waals surface area contributed by atoms with Crippen LogP contribution in [0.2, 0.25) is 0 Å². The largest absolute Gasteiger partial charge is 0.467 e. The van der Waals surface area contributed by atoms with E-state index < -0.39 is 12.0 Å². The number of rotatable bonds is 4. The number of nitrogens with one attached hydrogen (secondary N) is 1. The van der Waals surface area contributed by atoms with Crippen LogP contribution in [0.5, 0.6) is 0 Å². The van der Waals surface area contributed by atoms with Gasteiger partial charge in [-0.05, 0) is 4.48 Å². The lowest BCUT2D eigenvalue weighted by Crippen LogP contribution is -2.40. The van der Waals surface area contributed by atoms with E-state index >= 15 is 0 Å². The van der Waals surface area contributed by atoms with E-state index in [0.717, 1.165) is 0 Å². The molecule has 0 aromatic heterocycles. The smallest absolute Gasteiger partial charge is 0.328 e. The third-order valence-electron chi connectivity index (χ3n) is 1.29. The van der Waals surface area contributed by atoms with Crippen LogP contribution in [0.1, 0.15) is 13.3 Å². The first-order chi connectivity index (χ1) is 5.97. The van der Waals surface area contributed by atoms with Gasteiger partial charge in [0.1, 0.15) is 6.04 Å². The van der Waals surface area contributed by atoms with E-state index in [1.54, 1.807) is 0 Å². The maximum absolute atomic E-state index is 11.1. The molecule has 0 rings (SSSR count). The van der Waals surface area contributed by atoms with Gasteiger partial charge in [-0.25, -0.2) is 4.79 Å². The maximum atomic E-state index is 11.1. The van der Waals surface area contributed by atoms with Gasteiger partial charge in [-0.3, -0.25) is 4.79 Å². The van der Waals surface area contributed by atoms with Gasteiger partial charge in [0.05, 0.1) is 7.11 Å². The van der Waals surface area contributed by atoms with Gasteiger partial charge in [-0.15, -0.1) is 0 Å². The minimum Gasteiger partial charge on any atom is -0.467 e. The van der Waals surface area contributed by atoms with E-state index in [9.17, 15) is 9.59 Å². The molecule has 74 valence electrons. The Kier molecular flexibility index (Phi) is 5.37. The summed E-state index contributed by atoms with van der Waals surface area (Å²) in [5.41, 5.74) is 0. The minimum atomic E-state index is -0.658. The summed E-state index contributed by atoms with van der Waals surface area (Å²) in [5.74, 6) is -0.750. The molecule has 0 saturated carbocycles. The second kappa shape index (κ2) is 5.75. The van der Waals surface area contributed by atoms with Crippen molar-refractivity contribution in [3.8, 4) is 0 Å². The molecule has 1 atom stereocenters. The lowest BCUT2D eigenvalue weighted by Gasteiger charge is -2.14. The summed E-state index contributed by atoms with van der Waals surface area (Å²) in [6, 6.07) is -0.658. The van der Waals surface area contributed by atoms with Crippen LogP contribution in [-0.4, -0.2) is 25.0 Å². The number of amides is 1. The van der Waals surface area contributed by atoms with Crippen molar-refractivity contribution in [1.29, 1.82) is 0 Å². The van der Waals surface area contributed by atoms with Gasteiger partial charge >= 0.3 is 5.97 Å².